The summed E-state index contributed by atoms with van der Waals surface area (Å²) < 4.78 is 0. The first-order valence-electron chi connectivity index (χ1n) is 6.57. The van der Waals surface area contributed by atoms with Crippen LogP contribution in [0.25, 0.3) is 0 Å². The lowest BCUT2D eigenvalue weighted by Gasteiger charge is -2.29. The Morgan fingerprint density at radius 1 is 0.647 bits per heavy atom. The van der Waals surface area contributed by atoms with E-state index in [0.717, 1.165) is 0 Å². The van der Waals surface area contributed by atoms with Gasteiger partial charge in [0.05, 0.1) is 0 Å². The van der Waals surface area contributed by atoms with E-state index >= 15 is 0 Å². The lowest BCUT2D eigenvalue weighted by atomic mass is 9.76. The SMILES string of the molecule is CC.CN=CC1CC(C=NC)CC(C=NC)C1. The predicted molar refractivity (Wildman–Crippen MR) is 78.9 cm³/mol. The zero-order valence-corrected chi connectivity index (χ0v) is 11.9. The quantitative estimate of drug-likeness (QED) is 0.676. The van der Waals surface area contributed by atoms with E-state index in [1.165, 1.54) is 19.3 Å². The van der Waals surface area contributed by atoms with Crippen LogP contribution in [0.3, 0.4) is 0 Å². The molecule has 1 rings (SSSR count). The summed E-state index contributed by atoms with van der Waals surface area (Å²) in [5, 5.41) is 0. The van der Waals surface area contributed by atoms with E-state index in [0.29, 0.717) is 17.8 Å². The molecule has 1 fully saturated rings. The minimum atomic E-state index is 0.592. The standard InChI is InChI=1S/C12H21N3.C2H6/c1-13-7-10-4-11(8-14-2)6-12(5-10)9-15-3;1-2/h7-12H,4-6H2,1-3H3;1-2H3. The fraction of sp³-hybridized carbons (Fsp3) is 0.786. The normalized spacial score (nSPS) is 29.8. The van der Waals surface area contributed by atoms with Crippen LogP contribution in [-0.2, 0) is 0 Å². The lowest BCUT2D eigenvalue weighted by Crippen LogP contribution is -2.25. The number of hydrogen-bond donors (Lipinski definition) is 0. The summed E-state index contributed by atoms with van der Waals surface area (Å²) in [6.07, 6.45) is 9.78. The molecule has 1 aliphatic carbocycles. The van der Waals surface area contributed by atoms with Crippen molar-refractivity contribution in [1.29, 1.82) is 0 Å². The Bertz CT molecular complexity index is 207. The van der Waals surface area contributed by atoms with Gasteiger partial charge < -0.3 is 15.0 Å². The molecule has 1 saturated carbocycles. The van der Waals surface area contributed by atoms with Gasteiger partial charge in [-0.3, -0.25) is 0 Å². The molecule has 98 valence electrons. The molecule has 0 spiro atoms. The Hall–Kier alpha value is -0.990. The Morgan fingerprint density at radius 3 is 1.06 bits per heavy atom. The zero-order valence-electron chi connectivity index (χ0n) is 11.9. The fourth-order valence-electron chi connectivity index (χ4n) is 2.45. The van der Waals surface area contributed by atoms with Gasteiger partial charge in [0.2, 0.25) is 0 Å². The molecule has 0 aromatic carbocycles. The van der Waals surface area contributed by atoms with Crippen LogP contribution < -0.4 is 0 Å². The molecule has 3 heteroatoms. The van der Waals surface area contributed by atoms with E-state index < -0.39 is 0 Å². The first-order chi connectivity index (χ1) is 8.30. The maximum Gasteiger partial charge on any atom is 0.0273 e. The van der Waals surface area contributed by atoms with Gasteiger partial charge in [-0.25, -0.2) is 0 Å². The Balaban J connectivity index is 0.00000121. The van der Waals surface area contributed by atoms with Gasteiger partial charge in [0.25, 0.3) is 0 Å². The third-order valence-electron chi connectivity index (χ3n) is 2.90. The van der Waals surface area contributed by atoms with Crippen LogP contribution in [0, 0.1) is 17.8 Å². The number of aliphatic imine (C=N–C) groups is 3. The van der Waals surface area contributed by atoms with E-state index in [9.17, 15) is 0 Å². The first kappa shape index (κ1) is 16.0. The molecule has 0 aromatic heterocycles. The predicted octanol–water partition coefficient (Wildman–Crippen LogP) is 3.15. The van der Waals surface area contributed by atoms with Crippen LogP contribution in [0.1, 0.15) is 33.1 Å². The van der Waals surface area contributed by atoms with Crippen molar-refractivity contribution in [2.45, 2.75) is 33.1 Å². The molecule has 0 bridgehead atoms. The molecule has 0 amide bonds. The van der Waals surface area contributed by atoms with Crippen molar-refractivity contribution in [3.8, 4) is 0 Å². The summed E-state index contributed by atoms with van der Waals surface area (Å²) in [5.74, 6) is 1.78. The number of rotatable bonds is 3. The summed E-state index contributed by atoms with van der Waals surface area (Å²) in [5.41, 5.74) is 0. The van der Waals surface area contributed by atoms with Crippen molar-refractivity contribution >= 4 is 18.6 Å². The highest BCUT2D eigenvalue weighted by atomic mass is 14.7. The molecule has 0 atom stereocenters. The molecule has 3 nitrogen and oxygen atoms in total. The van der Waals surface area contributed by atoms with E-state index in [1.807, 2.05) is 35.0 Å². The van der Waals surface area contributed by atoms with Gasteiger partial charge in [-0.15, -0.1) is 0 Å². The number of hydrogen-bond acceptors (Lipinski definition) is 3. The highest BCUT2D eigenvalue weighted by molar-refractivity contribution is 5.69. The van der Waals surface area contributed by atoms with Gasteiger partial charge in [-0.05, 0) is 37.0 Å². The van der Waals surface area contributed by atoms with Gasteiger partial charge in [0.1, 0.15) is 0 Å². The number of nitrogens with zero attached hydrogens (tertiary/aromatic N) is 3. The van der Waals surface area contributed by atoms with Gasteiger partial charge in [0.15, 0.2) is 0 Å². The van der Waals surface area contributed by atoms with E-state index in [2.05, 4.69) is 33.6 Å². The Morgan fingerprint density at radius 2 is 0.882 bits per heavy atom. The summed E-state index contributed by atoms with van der Waals surface area (Å²) in [6, 6.07) is 0. The van der Waals surface area contributed by atoms with Crippen LogP contribution >= 0.6 is 0 Å². The molecule has 0 N–H and O–H groups in total. The molecule has 0 saturated heterocycles. The lowest BCUT2D eigenvalue weighted by molar-refractivity contribution is 0.349. The van der Waals surface area contributed by atoms with Crippen molar-refractivity contribution in [3.05, 3.63) is 0 Å². The second-order valence-electron chi connectivity index (χ2n) is 4.21. The second-order valence-corrected chi connectivity index (χ2v) is 4.21. The summed E-state index contributed by atoms with van der Waals surface area (Å²) >= 11 is 0. The molecular formula is C14H27N3. The van der Waals surface area contributed by atoms with Crippen molar-refractivity contribution in [2.75, 3.05) is 21.1 Å². The van der Waals surface area contributed by atoms with Crippen molar-refractivity contribution in [3.63, 3.8) is 0 Å². The average molecular weight is 237 g/mol. The minimum absolute atomic E-state index is 0.592. The van der Waals surface area contributed by atoms with E-state index in [-0.39, 0.29) is 0 Å². The highest BCUT2D eigenvalue weighted by Crippen LogP contribution is 2.30. The van der Waals surface area contributed by atoms with E-state index in [4.69, 9.17) is 0 Å². The molecule has 0 unspecified atom stereocenters. The van der Waals surface area contributed by atoms with Crippen LogP contribution in [0.2, 0.25) is 0 Å². The molecule has 0 aliphatic heterocycles. The summed E-state index contributed by atoms with van der Waals surface area (Å²) in [7, 11) is 5.54. The van der Waals surface area contributed by atoms with Gasteiger partial charge in [-0.2, -0.15) is 0 Å². The summed E-state index contributed by atoms with van der Waals surface area (Å²) in [6.45, 7) is 4.00. The molecule has 1 aliphatic rings. The molecule has 0 aromatic rings. The minimum Gasteiger partial charge on any atom is -0.301 e. The van der Waals surface area contributed by atoms with E-state index in [1.54, 1.807) is 0 Å². The maximum absolute atomic E-state index is 4.13. The van der Waals surface area contributed by atoms with Crippen molar-refractivity contribution in [1.82, 2.24) is 0 Å². The Labute approximate surface area is 106 Å². The summed E-state index contributed by atoms with van der Waals surface area (Å²) in [4.78, 5) is 12.4. The highest BCUT2D eigenvalue weighted by Gasteiger charge is 2.25. The van der Waals surface area contributed by atoms with Gasteiger partial charge >= 0.3 is 0 Å². The van der Waals surface area contributed by atoms with Crippen molar-refractivity contribution < 1.29 is 0 Å². The molecule has 17 heavy (non-hydrogen) atoms. The van der Waals surface area contributed by atoms with Crippen LogP contribution in [0.4, 0.5) is 0 Å². The molecule has 0 heterocycles. The first-order valence-corrected chi connectivity index (χ1v) is 6.57. The monoisotopic (exact) mass is 237 g/mol. The Kier molecular flexibility index (Phi) is 9.59. The molecule has 0 radical (unpaired) electrons. The third kappa shape index (κ3) is 6.35. The van der Waals surface area contributed by atoms with Crippen LogP contribution in [-0.4, -0.2) is 39.8 Å². The van der Waals surface area contributed by atoms with Crippen LogP contribution in [0.15, 0.2) is 15.0 Å². The van der Waals surface area contributed by atoms with Crippen molar-refractivity contribution in [2.24, 2.45) is 32.7 Å². The topological polar surface area (TPSA) is 37.1 Å². The van der Waals surface area contributed by atoms with Gasteiger partial charge in [-0.1, -0.05) is 13.8 Å². The fourth-order valence-corrected chi connectivity index (χ4v) is 2.45. The molecular weight excluding hydrogens is 210 g/mol. The smallest absolute Gasteiger partial charge is 0.0273 e. The largest absolute Gasteiger partial charge is 0.301 e. The maximum atomic E-state index is 4.13. The average Bonchev–Trinajstić information content (AvgIpc) is 2.33. The zero-order chi connectivity index (χ0) is 13.1. The third-order valence-corrected chi connectivity index (χ3v) is 2.90. The second kappa shape index (κ2) is 10.2. The van der Waals surface area contributed by atoms with Crippen LogP contribution in [0.5, 0.6) is 0 Å². The van der Waals surface area contributed by atoms with Gasteiger partial charge in [0, 0.05) is 39.8 Å².